The Morgan fingerprint density at radius 1 is 0.962 bits per heavy atom. The van der Waals surface area contributed by atoms with Crippen molar-refractivity contribution in [3.05, 3.63) is 65.7 Å². The third-order valence-electron chi connectivity index (χ3n) is 4.41. The number of rotatable bonds is 7. The van der Waals surface area contributed by atoms with Crippen LogP contribution in [0.3, 0.4) is 0 Å². The number of benzene rings is 2. The maximum absolute atomic E-state index is 12.5. The molecule has 1 atom stereocenters. The molecule has 2 aromatic carbocycles. The van der Waals surface area contributed by atoms with E-state index in [0.29, 0.717) is 0 Å². The van der Waals surface area contributed by atoms with E-state index in [1.807, 2.05) is 68.4 Å². The first kappa shape index (κ1) is 19.7. The summed E-state index contributed by atoms with van der Waals surface area (Å²) in [6.45, 7) is 4.34. The number of aryl methyl sites for hydroxylation is 1. The molecule has 26 heavy (non-hydrogen) atoms. The number of carbonyl (C=O) groups is 2. The molecule has 0 aliphatic heterocycles. The number of likely N-dealkylation sites (N-methyl/N-ethyl adjacent to an activating group) is 2. The predicted molar refractivity (Wildman–Crippen MR) is 105 cm³/mol. The number of carbonyl (C=O) groups excluding carboxylic acids is 2. The Kier molecular flexibility index (Phi) is 6.92. The molecular formula is C21H27N3O2. The van der Waals surface area contributed by atoms with E-state index in [2.05, 4.69) is 5.32 Å². The van der Waals surface area contributed by atoms with Crippen molar-refractivity contribution in [3.63, 3.8) is 0 Å². The van der Waals surface area contributed by atoms with Crippen molar-refractivity contribution < 1.29 is 9.59 Å². The number of anilines is 1. The molecule has 0 saturated carbocycles. The van der Waals surface area contributed by atoms with Crippen molar-refractivity contribution >= 4 is 17.5 Å². The minimum Gasteiger partial charge on any atom is -0.338 e. The molecule has 0 aromatic heterocycles. The van der Waals surface area contributed by atoms with Crippen LogP contribution in [0.25, 0.3) is 0 Å². The third-order valence-corrected chi connectivity index (χ3v) is 4.41. The topological polar surface area (TPSA) is 52.7 Å². The quantitative estimate of drug-likeness (QED) is 0.832. The predicted octanol–water partition coefficient (Wildman–Crippen LogP) is 3.08. The fraction of sp³-hybridized carbons (Fsp3) is 0.333. The van der Waals surface area contributed by atoms with E-state index in [1.54, 1.807) is 23.9 Å². The van der Waals surface area contributed by atoms with Gasteiger partial charge in [0.2, 0.25) is 11.8 Å². The molecule has 138 valence electrons. The highest BCUT2D eigenvalue weighted by atomic mass is 16.2. The average Bonchev–Trinajstić information content (AvgIpc) is 2.62. The Bertz CT molecular complexity index is 729. The van der Waals surface area contributed by atoms with Gasteiger partial charge in [-0.1, -0.05) is 48.0 Å². The molecule has 0 unspecified atom stereocenters. The Morgan fingerprint density at radius 2 is 1.58 bits per heavy atom. The second-order valence-corrected chi connectivity index (χ2v) is 6.68. The van der Waals surface area contributed by atoms with Crippen LogP contribution in [0.2, 0.25) is 0 Å². The van der Waals surface area contributed by atoms with Crippen LogP contribution < -0.4 is 5.32 Å². The summed E-state index contributed by atoms with van der Waals surface area (Å²) in [6, 6.07) is 17.5. The summed E-state index contributed by atoms with van der Waals surface area (Å²) in [5, 5.41) is 2.85. The zero-order chi connectivity index (χ0) is 19.1. The van der Waals surface area contributed by atoms with Crippen molar-refractivity contribution in [2.45, 2.75) is 19.9 Å². The van der Waals surface area contributed by atoms with E-state index in [0.717, 1.165) is 16.8 Å². The summed E-state index contributed by atoms with van der Waals surface area (Å²) >= 11 is 0. The summed E-state index contributed by atoms with van der Waals surface area (Å²) in [5.41, 5.74) is 2.99. The first-order valence-electron chi connectivity index (χ1n) is 8.72. The van der Waals surface area contributed by atoms with Crippen LogP contribution in [-0.4, -0.2) is 48.8 Å². The minimum absolute atomic E-state index is 0.0153. The van der Waals surface area contributed by atoms with Gasteiger partial charge in [-0.25, -0.2) is 0 Å². The van der Waals surface area contributed by atoms with Crippen molar-refractivity contribution in [2.24, 2.45) is 0 Å². The number of nitrogens with one attached hydrogen (secondary N) is 1. The molecule has 0 heterocycles. The lowest BCUT2D eigenvalue weighted by Crippen LogP contribution is -2.40. The molecule has 5 heteroatoms. The average molecular weight is 353 g/mol. The molecule has 0 spiro atoms. The van der Waals surface area contributed by atoms with Crippen LogP contribution in [-0.2, 0) is 9.59 Å². The highest BCUT2D eigenvalue weighted by molar-refractivity contribution is 5.92. The first-order chi connectivity index (χ1) is 12.4. The van der Waals surface area contributed by atoms with Gasteiger partial charge in [0.05, 0.1) is 19.1 Å². The summed E-state index contributed by atoms with van der Waals surface area (Å²) in [4.78, 5) is 28.1. The zero-order valence-electron chi connectivity index (χ0n) is 15.9. The highest BCUT2D eigenvalue weighted by Gasteiger charge is 2.19. The van der Waals surface area contributed by atoms with E-state index in [1.165, 1.54) is 0 Å². The van der Waals surface area contributed by atoms with Crippen LogP contribution >= 0.6 is 0 Å². The van der Waals surface area contributed by atoms with Crippen LogP contribution in [0.4, 0.5) is 5.69 Å². The molecule has 2 aromatic rings. The molecule has 0 bridgehead atoms. The highest BCUT2D eigenvalue weighted by Crippen LogP contribution is 2.18. The van der Waals surface area contributed by atoms with Crippen molar-refractivity contribution in [1.29, 1.82) is 0 Å². The second-order valence-electron chi connectivity index (χ2n) is 6.68. The third kappa shape index (κ3) is 5.70. The lowest BCUT2D eigenvalue weighted by atomic mass is 10.1. The van der Waals surface area contributed by atoms with Gasteiger partial charge >= 0.3 is 0 Å². The molecule has 1 N–H and O–H groups in total. The summed E-state index contributed by atoms with van der Waals surface area (Å²) in [5.74, 6) is -0.157. The standard InChI is InChI=1S/C21H27N3O2/c1-16-10-12-19(13-11-16)22-20(25)14-23(3)15-21(26)24(4)17(2)18-8-6-5-7-9-18/h5-13,17H,14-15H2,1-4H3,(H,22,25)/t17-/m0/s1. The number of nitrogens with zero attached hydrogens (tertiary/aromatic N) is 2. The molecule has 0 fully saturated rings. The lowest BCUT2D eigenvalue weighted by molar-refractivity contribution is -0.133. The Balaban J connectivity index is 1.84. The molecule has 0 aliphatic carbocycles. The first-order valence-corrected chi connectivity index (χ1v) is 8.72. The van der Waals surface area contributed by atoms with Gasteiger partial charge in [0.25, 0.3) is 0 Å². The van der Waals surface area contributed by atoms with Gasteiger partial charge < -0.3 is 10.2 Å². The molecule has 5 nitrogen and oxygen atoms in total. The second kappa shape index (κ2) is 9.15. The van der Waals surface area contributed by atoms with Crippen molar-refractivity contribution in [2.75, 3.05) is 32.5 Å². The fourth-order valence-electron chi connectivity index (χ4n) is 2.65. The van der Waals surface area contributed by atoms with Gasteiger partial charge in [-0.15, -0.1) is 0 Å². The monoisotopic (exact) mass is 353 g/mol. The van der Waals surface area contributed by atoms with E-state index in [-0.39, 0.29) is 30.9 Å². The summed E-state index contributed by atoms with van der Waals surface area (Å²) in [7, 11) is 3.56. The van der Waals surface area contributed by atoms with E-state index < -0.39 is 0 Å². The normalized spacial score (nSPS) is 11.9. The molecule has 2 rings (SSSR count). The van der Waals surface area contributed by atoms with Crippen molar-refractivity contribution in [1.82, 2.24) is 9.80 Å². The number of amides is 2. The smallest absolute Gasteiger partial charge is 0.238 e. The summed E-state index contributed by atoms with van der Waals surface area (Å²) in [6.07, 6.45) is 0. The molecule has 0 aliphatic rings. The van der Waals surface area contributed by atoms with E-state index in [9.17, 15) is 9.59 Å². The number of hydrogen-bond donors (Lipinski definition) is 1. The Morgan fingerprint density at radius 3 is 2.19 bits per heavy atom. The van der Waals surface area contributed by atoms with Gasteiger partial charge in [0.15, 0.2) is 0 Å². The van der Waals surface area contributed by atoms with Crippen LogP contribution in [0, 0.1) is 6.92 Å². The van der Waals surface area contributed by atoms with Gasteiger partial charge in [0, 0.05) is 12.7 Å². The largest absolute Gasteiger partial charge is 0.338 e. The molecule has 0 radical (unpaired) electrons. The molecular weight excluding hydrogens is 326 g/mol. The minimum atomic E-state index is -0.136. The van der Waals surface area contributed by atoms with Gasteiger partial charge in [-0.05, 0) is 38.6 Å². The fourth-order valence-corrected chi connectivity index (χ4v) is 2.65. The SMILES string of the molecule is Cc1ccc(NC(=O)CN(C)CC(=O)N(C)[C@@H](C)c2ccccc2)cc1. The lowest BCUT2D eigenvalue weighted by Gasteiger charge is -2.27. The van der Waals surface area contributed by atoms with Crippen molar-refractivity contribution in [3.8, 4) is 0 Å². The van der Waals surface area contributed by atoms with Gasteiger partial charge in [-0.2, -0.15) is 0 Å². The van der Waals surface area contributed by atoms with E-state index >= 15 is 0 Å². The molecule has 0 saturated heterocycles. The maximum Gasteiger partial charge on any atom is 0.238 e. The van der Waals surface area contributed by atoms with Crippen LogP contribution in [0.1, 0.15) is 24.1 Å². The number of hydrogen-bond acceptors (Lipinski definition) is 3. The van der Waals surface area contributed by atoms with Crippen LogP contribution in [0.5, 0.6) is 0 Å². The zero-order valence-corrected chi connectivity index (χ0v) is 15.9. The van der Waals surface area contributed by atoms with Crippen LogP contribution in [0.15, 0.2) is 54.6 Å². The van der Waals surface area contributed by atoms with Gasteiger partial charge in [-0.3, -0.25) is 14.5 Å². The Hall–Kier alpha value is -2.66. The van der Waals surface area contributed by atoms with Gasteiger partial charge in [0.1, 0.15) is 0 Å². The van der Waals surface area contributed by atoms with E-state index in [4.69, 9.17) is 0 Å². The molecule has 2 amide bonds. The summed E-state index contributed by atoms with van der Waals surface area (Å²) < 4.78 is 0. The maximum atomic E-state index is 12.5. The Labute approximate surface area is 155 Å².